The highest BCUT2D eigenvalue weighted by molar-refractivity contribution is 7.92. The molecule has 0 unspecified atom stereocenters. The third kappa shape index (κ3) is 3.59. The summed E-state index contributed by atoms with van der Waals surface area (Å²) < 4.78 is 27.1. The van der Waals surface area contributed by atoms with E-state index in [1.54, 1.807) is 18.3 Å². The summed E-state index contributed by atoms with van der Waals surface area (Å²) in [6.45, 7) is 5.14. The topological polar surface area (TPSA) is 106 Å². The van der Waals surface area contributed by atoms with Crippen molar-refractivity contribution in [2.45, 2.75) is 39.3 Å². The summed E-state index contributed by atoms with van der Waals surface area (Å²) in [4.78, 5) is 18.0. The lowest BCUT2D eigenvalue weighted by Gasteiger charge is -2.17. The molecule has 1 atom stereocenters. The molecule has 1 N–H and O–H groups in total. The van der Waals surface area contributed by atoms with Crippen LogP contribution in [0.15, 0.2) is 29.6 Å². The number of hydrogen-bond acceptors (Lipinski definition) is 6. The van der Waals surface area contributed by atoms with Crippen LogP contribution in [0.5, 0.6) is 0 Å². The normalized spacial score (nSPS) is 18.4. The number of nitrogens with one attached hydrogen (secondary N) is 1. The lowest BCUT2D eigenvalue weighted by Crippen LogP contribution is -2.29. The van der Waals surface area contributed by atoms with E-state index < -0.39 is 16.1 Å². The van der Waals surface area contributed by atoms with Crippen LogP contribution in [0.25, 0.3) is 0 Å². The summed E-state index contributed by atoms with van der Waals surface area (Å²) in [5.41, 5.74) is 4.63. The predicted octanol–water partition coefficient (Wildman–Crippen LogP) is 1.67. The van der Waals surface area contributed by atoms with E-state index >= 15 is 0 Å². The van der Waals surface area contributed by atoms with E-state index in [2.05, 4.69) is 15.6 Å². The minimum absolute atomic E-state index is 0.326. The molecule has 2 aliphatic heterocycles. The summed E-state index contributed by atoms with van der Waals surface area (Å²) >= 11 is 0. The van der Waals surface area contributed by atoms with Crippen LogP contribution in [0.3, 0.4) is 0 Å². The van der Waals surface area contributed by atoms with E-state index in [1.807, 2.05) is 24.6 Å². The highest BCUT2D eigenvalue weighted by Crippen LogP contribution is 2.32. The Hall–Kier alpha value is -2.88. The van der Waals surface area contributed by atoms with Crippen molar-refractivity contribution in [3.05, 3.63) is 41.2 Å². The molecule has 10 heteroatoms. The fourth-order valence-electron chi connectivity index (χ4n) is 3.72. The Kier molecular flexibility index (Phi) is 4.81. The van der Waals surface area contributed by atoms with Gasteiger partial charge >= 0.3 is 0 Å². The number of amides is 1. The monoisotopic (exact) mass is 417 g/mol. The molecule has 1 aromatic heterocycles. The molecule has 4 rings (SSSR count). The molecular weight excluding hydrogens is 394 g/mol. The Bertz CT molecular complexity index is 1110. The Balaban J connectivity index is 1.45. The van der Waals surface area contributed by atoms with Crippen molar-refractivity contribution < 1.29 is 18.0 Å². The Labute approximate surface area is 169 Å². The van der Waals surface area contributed by atoms with Crippen LogP contribution in [0.4, 0.5) is 11.4 Å². The smallest absolute Gasteiger partial charge is 0.268 e. The number of aryl methyl sites for hydroxylation is 1. The standard InChI is InChI=1S/C19H23N5O4S/c1-4-23-12(2)15(11-20-23)16-10-18(28-22-16)19(25)21-14-6-5-13-7-8-24(17(13)9-14)29(3,26)27/h5-6,9,11,18H,4,7-8,10H2,1-3H3,(H,21,25)/t18-/m0/s1. The number of carbonyl (C=O) groups excluding carboxylic acids is 1. The Morgan fingerprint density at radius 3 is 2.86 bits per heavy atom. The molecule has 2 aromatic rings. The maximum Gasteiger partial charge on any atom is 0.268 e. The molecule has 1 amide bonds. The molecule has 0 radical (unpaired) electrons. The van der Waals surface area contributed by atoms with Gasteiger partial charge in [0.05, 0.1) is 23.9 Å². The van der Waals surface area contributed by atoms with E-state index in [4.69, 9.17) is 4.84 Å². The average molecular weight is 417 g/mol. The maximum absolute atomic E-state index is 12.7. The molecule has 0 bridgehead atoms. The molecule has 0 aliphatic carbocycles. The van der Waals surface area contributed by atoms with E-state index in [9.17, 15) is 13.2 Å². The second kappa shape index (κ2) is 7.18. The molecule has 0 spiro atoms. The van der Waals surface area contributed by atoms with E-state index in [1.165, 1.54) is 10.6 Å². The van der Waals surface area contributed by atoms with Crippen molar-refractivity contribution in [1.82, 2.24) is 9.78 Å². The number of hydrogen-bond donors (Lipinski definition) is 1. The molecule has 9 nitrogen and oxygen atoms in total. The first-order valence-electron chi connectivity index (χ1n) is 9.45. The van der Waals surface area contributed by atoms with Gasteiger partial charge in [0.2, 0.25) is 16.1 Å². The van der Waals surface area contributed by atoms with Gasteiger partial charge in [-0.05, 0) is 38.0 Å². The first kappa shape index (κ1) is 19.4. The Morgan fingerprint density at radius 1 is 1.38 bits per heavy atom. The molecule has 3 heterocycles. The number of sulfonamides is 1. The number of fused-ring (bicyclic) bond motifs is 1. The number of benzene rings is 1. The van der Waals surface area contributed by atoms with Crippen LogP contribution in [-0.4, -0.2) is 48.7 Å². The molecule has 1 aromatic carbocycles. The van der Waals surface area contributed by atoms with Crippen molar-refractivity contribution in [2.75, 3.05) is 22.4 Å². The van der Waals surface area contributed by atoms with Crippen molar-refractivity contribution in [1.29, 1.82) is 0 Å². The number of nitrogens with zero attached hydrogens (tertiary/aromatic N) is 4. The maximum atomic E-state index is 12.7. The van der Waals surface area contributed by atoms with Gasteiger partial charge in [-0.15, -0.1) is 0 Å². The van der Waals surface area contributed by atoms with Crippen LogP contribution < -0.4 is 9.62 Å². The molecule has 0 saturated heterocycles. The van der Waals surface area contributed by atoms with E-state index in [-0.39, 0.29) is 5.91 Å². The second-order valence-corrected chi connectivity index (χ2v) is 9.12. The van der Waals surface area contributed by atoms with E-state index in [0.717, 1.165) is 23.4 Å². The van der Waals surface area contributed by atoms with Gasteiger partial charge in [0.25, 0.3) is 5.91 Å². The molecule has 0 saturated carbocycles. The quantitative estimate of drug-likeness (QED) is 0.797. The van der Waals surface area contributed by atoms with Gasteiger partial charge in [-0.2, -0.15) is 5.10 Å². The van der Waals surface area contributed by atoms with Gasteiger partial charge in [0.15, 0.2) is 0 Å². The molecule has 0 fully saturated rings. The van der Waals surface area contributed by atoms with Crippen LogP contribution in [0, 0.1) is 6.92 Å². The average Bonchev–Trinajstić information content (AvgIpc) is 3.38. The van der Waals surface area contributed by atoms with Crippen molar-refractivity contribution in [3.8, 4) is 0 Å². The van der Waals surface area contributed by atoms with Crippen LogP contribution in [0.2, 0.25) is 0 Å². The van der Waals surface area contributed by atoms with E-state index in [0.29, 0.717) is 36.5 Å². The molecule has 29 heavy (non-hydrogen) atoms. The van der Waals surface area contributed by atoms with Gasteiger partial charge in [-0.3, -0.25) is 13.8 Å². The number of rotatable bonds is 5. The zero-order chi connectivity index (χ0) is 20.8. The van der Waals surface area contributed by atoms with Gasteiger partial charge in [-0.25, -0.2) is 8.42 Å². The van der Waals surface area contributed by atoms with Gasteiger partial charge in [-0.1, -0.05) is 11.2 Å². The minimum atomic E-state index is -3.35. The third-order valence-corrected chi connectivity index (χ3v) is 6.46. The predicted molar refractivity (Wildman–Crippen MR) is 110 cm³/mol. The first-order chi connectivity index (χ1) is 13.8. The largest absolute Gasteiger partial charge is 0.382 e. The highest BCUT2D eigenvalue weighted by Gasteiger charge is 2.31. The van der Waals surface area contributed by atoms with Gasteiger partial charge < -0.3 is 10.2 Å². The second-order valence-electron chi connectivity index (χ2n) is 7.21. The van der Waals surface area contributed by atoms with Crippen LogP contribution in [-0.2, 0) is 32.6 Å². The summed E-state index contributed by atoms with van der Waals surface area (Å²) in [5, 5.41) is 11.2. The summed E-state index contributed by atoms with van der Waals surface area (Å²) in [6, 6.07) is 5.30. The van der Waals surface area contributed by atoms with Crippen LogP contribution >= 0.6 is 0 Å². The zero-order valence-electron chi connectivity index (χ0n) is 16.5. The number of aromatic nitrogens is 2. The lowest BCUT2D eigenvalue weighted by molar-refractivity contribution is -0.125. The van der Waals surface area contributed by atoms with Gasteiger partial charge in [0.1, 0.15) is 0 Å². The molecule has 2 aliphatic rings. The first-order valence-corrected chi connectivity index (χ1v) is 11.3. The van der Waals surface area contributed by atoms with Crippen molar-refractivity contribution in [3.63, 3.8) is 0 Å². The molecule has 154 valence electrons. The fraction of sp³-hybridized carbons (Fsp3) is 0.421. The fourth-order valence-corrected chi connectivity index (χ4v) is 4.67. The summed E-state index contributed by atoms with van der Waals surface area (Å²) in [7, 11) is -3.35. The van der Waals surface area contributed by atoms with Crippen molar-refractivity contribution in [2.24, 2.45) is 5.16 Å². The van der Waals surface area contributed by atoms with Gasteiger partial charge in [0, 0.05) is 36.5 Å². The minimum Gasteiger partial charge on any atom is -0.382 e. The summed E-state index contributed by atoms with van der Waals surface area (Å²) in [5.74, 6) is -0.326. The number of oxime groups is 1. The van der Waals surface area contributed by atoms with Crippen molar-refractivity contribution >= 4 is 33.0 Å². The van der Waals surface area contributed by atoms with Crippen LogP contribution in [0.1, 0.15) is 30.2 Å². The number of anilines is 2. The summed E-state index contributed by atoms with van der Waals surface area (Å²) in [6.07, 6.45) is 3.18. The SMILES string of the molecule is CCn1ncc(C2=NO[C@H](C(=O)Nc3ccc4c(c3)N(S(C)(=O)=O)CC4)C2)c1C. The zero-order valence-corrected chi connectivity index (χ0v) is 17.4. The lowest BCUT2D eigenvalue weighted by atomic mass is 10.1. The highest BCUT2D eigenvalue weighted by atomic mass is 32.2. The third-order valence-electron chi connectivity index (χ3n) is 5.28. The Morgan fingerprint density at radius 2 is 2.17 bits per heavy atom. The molecular formula is C19H23N5O4S. The number of carbonyl (C=O) groups is 1.